The van der Waals surface area contributed by atoms with Gasteiger partial charge >= 0.3 is 0 Å². The molecular weight excluding hydrogens is 438 g/mol. The summed E-state index contributed by atoms with van der Waals surface area (Å²) in [7, 11) is 0. The van der Waals surface area contributed by atoms with Gasteiger partial charge in [-0.3, -0.25) is 24.6 Å². The molecule has 8 heteroatoms. The molecule has 2 aliphatic rings. The van der Waals surface area contributed by atoms with Crippen LogP contribution in [0.25, 0.3) is 6.08 Å². The molecule has 0 aromatic heterocycles. The molecule has 1 atom stereocenters. The van der Waals surface area contributed by atoms with Crippen LogP contribution in [0.5, 0.6) is 0 Å². The van der Waals surface area contributed by atoms with Gasteiger partial charge in [0, 0.05) is 29.9 Å². The van der Waals surface area contributed by atoms with Gasteiger partial charge in [-0.2, -0.15) is 0 Å². The highest BCUT2D eigenvalue weighted by molar-refractivity contribution is 8.18. The Labute approximate surface area is 197 Å². The van der Waals surface area contributed by atoms with E-state index in [4.69, 9.17) is 0 Å². The quantitative estimate of drug-likeness (QED) is 0.308. The van der Waals surface area contributed by atoms with Crippen LogP contribution in [-0.4, -0.2) is 33.1 Å². The largest absolute Gasteiger partial charge is 0.366 e. The average molecular weight is 466 g/mol. The number of nitro benzene ring substituents is 1. The third kappa shape index (κ3) is 4.39. The number of anilines is 1. The molecule has 0 radical (unpaired) electrons. The molecule has 1 fully saturated rings. The summed E-state index contributed by atoms with van der Waals surface area (Å²) in [4.78, 5) is 39.8. The lowest BCUT2D eigenvalue weighted by Gasteiger charge is -2.47. The summed E-state index contributed by atoms with van der Waals surface area (Å²) < 4.78 is 0. The van der Waals surface area contributed by atoms with Crippen molar-refractivity contribution in [2.75, 3.05) is 11.4 Å². The zero-order valence-electron chi connectivity index (χ0n) is 19.2. The second-order valence-corrected chi connectivity index (χ2v) is 10.2. The number of thioether (sulfide) groups is 1. The molecule has 0 N–H and O–H groups in total. The van der Waals surface area contributed by atoms with Gasteiger partial charge in [0.25, 0.3) is 16.8 Å². The van der Waals surface area contributed by atoms with Crippen LogP contribution in [0.15, 0.2) is 47.4 Å². The van der Waals surface area contributed by atoms with E-state index in [0.717, 1.165) is 30.3 Å². The average Bonchev–Trinajstić information content (AvgIpc) is 3.01. The number of rotatable bonds is 5. The molecule has 0 spiro atoms. The maximum absolute atomic E-state index is 12.9. The van der Waals surface area contributed by atoms with Crippen molar-refractivity contribution in [1.29, 1.82) is 0 Å². The molecule has 2 aromatic carbocycles. The van der Waals surface area contributed by atoms with Crippen LogP contribution < -0.4 is 4.90 Å². The first-order chi connectivity index (χ1) is 15.6. The topological polar surface area (TPSA) is 83.8 Å². The maximum Gasteiger partial charge on any atom is 0.293 e. The maximum atomic E-state index is 12.9. The zero-order chi connectivity index (χ0) is 23.9. The van der Waals surface area contributed by atoms with Crippen molar-refractivity contribution in [3.63, 3.8) is 0 Å². The molecule has 0 saturated carbocycles. The smallest absolute Gasteiger partial charge is 0.293 e. The normalized spacial score (nSPS) is 21.0. The van der Waals surface area contributed by atoms with E-state index in [9.17, 15) is 19.7 Å². The molecule has 2 aromatic rings. The number of amides is 2. The Balaban J connectivity index is 1.56. The summed E-state index contributed by atoms with van der Waals surface area (Å²) in [5.74, 6) is 0.0498. The minimum absolute atomic E-state index is 0.0283. The first-order valence-electron chi connectivity index (χ1n) is 11.0. The molecule has 2 heterocycles. The van der Waals surface area contributed by atoms with Crippen molar-refractivity contribution < 1.29 is 14.5 Å². The second-order valence-electron chi connectivity index (χ2n) is 9.17. The summed E-state index contributed by atoms with van der Waals surface area (Å²) in [5, 5.41) is 10.5. The van der Waals surface area contributed by atoms with Crippen LogP contribution in [0.4, 0.5) is 16.2 Å². The summed E-state index contributed by atoms with van der Waals surface area (Å²) in [6, 6.07) is 12.1. The molecular formula is C25H27N3O4S. The number of non-ortho nitro benzene ring substituents is 1. The summed E-state index contributed by atoms with van der Waals surface area (Å²) in [5.41, 5.74) is 4.11. The Morgan fingerprint density at radius 1 is 1.18 bits per heavy atom. The SMILES string of the molecule is CCN1c2ccc(/C=C3\SC(=O)N(Cc4ccc([N+](=O)[O-])cc4)C3=O)cc2[C@H](C)CC1(C)C. The molecule has 1 saturated heterocycles. The zero-order valence-corrected chi connectivity index (χ0v) is 20.0. The van der Waals surface area contributed by atoms with E-state index in [2.05, 4.69) is 44.7 Å². The fourth-order valence-corrected chi connectivity index (χ4v) is 5.73. The van der Waals surface area contributed by atoms with Crippen LogP contribution >= 0.6 is 11.8 Å². The van der Waals surface area contributed by atoms with Crippen LogP contribution in [-0.2, 0) is 11.3 Å². The van der Waals surface area contributed by atoms with E-state index < -0.39 is 4.92 Å². The number of hydrogen-bond acceptors (Lipinski definition) is 6. The van der Waals surface area contributed by atoms with Gasteiger partial charge in [-0.1, -0.05) is 25.1 Å². The van der Waals surface area contributed by atoms with Crippen molar-refractivity contribution >= 4 is 40.4 Å². The third-order valence-electron chi connectivity index (χ3n) is 6.39. The summed E-state index contributed by atoms with van der Waals surface area (Å²) in [6.45, 7) is 9.94. The Kier molecular flexibility index (Phi) is 6.05. The number of nitrogens with zero attached hydrogens (tertiary/aromatic N) is 3. The van der Waals surface area contributed by atoms with Gasteiger partial charge in [0.15, 0.2) is 0 Å². The third-order valence-corrected chi connectivity index (χ3v) is 7.29. The number of nitro groups is 1. The van der Waals surface area contributed by atoms with Crippen LogP contribution in [0.3, 0.4) is 0 Å². The van der Waals surface area contributed by atoms with Crippen molar-refractivity contribution in [2.24, 2.45) is 0 Å². The highest BCUT2D eigenvalue weighted by Crippen LogP contribution is 2.44. The second kappa shape index (κ2) is 8.67. The Bertz CT molecular complexity index is 1160. The van der Waals surface area contributed by atoms with Gasteiger partial charge < -0.3 is 4.90 Å². The molecule has 0 unspecified atom stereocenters. The van der Waals surface area contributed by atoms with E-state index in [1.165, 1.54) is 28.3 Å². The lowest BCUT2D eigenvalue weighted by molar-refractivity contribution is -0.384. The van der Waals surface area contributed by atoms with Crippen molar-refractivity contribution in [3.8, 4) is 0 Å². The lowest BCUT2D eigenvalue weighted by atomic mass is 9.79. The van der Waals surface area contributed by atoms with Crippen molar-refractivity contribution in [2.45, 2.75) is 52.1 Å². The molecule has 0 bridgehead atoms. The molecule has 7 nitrogen and oxygen atoms in total. The molecule has 33 heavy (non-hydrogen) atoms. The first kappa shape index (κ1) is 23.0. The highest BCUT2D eigenvalue weighted by Gasteiger charge is 2.37. The van der Waals surface area contributed by atoms with Gasteiger partial charge in [-0.15, -0.1) is 0 Å². The number of hydrogen-bond donors (Lipinski definition) is 0. The molecule has 4 rings (SSSR count). The van der Waals surface area contributed by atoms with Crippen molar-refractivity contribution in [3.05, 3.63) is 74.2 Å². The number of carbonyl (C=O) groups is 2. The highest BCUT2D eigenvalue weighted by atomic mass is 32.2. The Morgan fingerprint density at radius 3 is 2.52 bits per heavy atom. The Morgan fingerprint density at radius 2 is 1.88 bits per heavy atom. The minimum atomic E-state index is -0.479. The fourth-order valence-electron chi connectivity index (χ4n) is 4.89. The lowest BCUT2D eigenvalue weighted by Crippen LogP contribution is -2.48. The van der Waals surface area contributed by atoms with Crippen LogP contribution in [0, 0.1) is 10.1 Å². The number of benzene rings is 2. The number of carbonyl (C=O) groups excluding carboxylic acids is 2. The van der Waals surface area contributed by atoms with Crippen LogP contribution in [0.2, 0.25) is 0 Å². The Hall–Kier alpha value is -3.13. The van der Waals surface area contributed by atoms with E-state index in [-0.39, 0.29) is 28.9 Å². The number of fused-ring (bicyclic) bond motifs is 1. The van der Waals surface area contributed by atoms with Crippen molar-refractivity contribution in [1.82, 2.24) is 4.90 Å². The van der Waals surface area contributed by atoms with E-state index >= 15 is 0 Å². The molecule has 172 valence electrons. The van der Waals surface area contributed by atoms with Gasteiger partial charge in [0.2, 0.25) is 0 Å². The molecule has 0 aliphatic carbocycles. The van der Waals surface area contributed by atoms with E-state index in [1.54, 1.807) is 18.2 Å². The fraction of sp³-hybridized carbons (Fsp3) is 0.360. The van der Waals surface area contributed by atoms with Crippen LogP contribution in [0.1, 0.15) is 56.7 Å². The standard InChI is InChI=1S/C25H27N3O4S/c1-5-27-21-11-8-18(12-20(21)16(2)14-25(27,3)4)13-22-23(29)26(24(30)33-22)15-17-6-9-19(10-7-17)28(31)32/h6-13,16H,5,14-15H2,1-4H3/b22-13-/t16-/m1/s1. The monoisotopic (exact) mass is 465 g/mol. The summed E-state index contributed by atoms with van der Waals surface area (Å²) in [6.07, 6.45) is 2.83. The predicted octanol–water partition coefficient (Wildman–Crippen LogP) is 5.94. The summed E-state index contributed by atoms with van der Waals surface area (Å²) >= 11 is 0.927. The van der Waals surface area contributed by atoms with E-state index in [1.807, 2.05) is 6.07 Å². The van der Waals surface area contributed by atoms with Gasteiger partial charge in [0.1, 0.15) is 0 Å². The molecule has 2 amide bonds. The van der Waals surface area contributed by atoms with Gasteiger partial charge in [0.05, 0.1) is 16.4 Å². The number of imide groups is 1. The first-order valence-corrected chi connectivity index (χ1v) is 11.8. The predicted molar refractivity (Wildman–Crippen MR) is 131 cm³/mol. The van der Waals surface area contributed by atoms with Gasteiger partial charge in [-0.25, -0.2) is 0 Å². The minimum Gasteiger partial charge on any atom is -0.366 e. The van der Waals surface area contributed by atoms with E-state index in [0.29, 0.717) is 16.4 Å². The molecule has 2 aliphatic heterocycles. The van der Waals surface area contributed by atoms with Gasteiger partial charge in [-0.05, 0) is 79.8 Å².